The summed E-state index contributed by atoms with van der Waals surface area (Å²) in [7, 11) is -7.38. The molecular formula is C14H22Br2O6P2. The summed E-state index contributed by atoms with van der Waals surface area (Å²) in [5.41, 5.74) is -1.77. The highest BCUT2D eigenvalue weighted by atomic mass is 79.9. The van der Waals surface area contributed by atoms with Crippen LogP contribution in [-0.2, 0) is 27.2 Å². The smallest absolute Gasteiger partial charge is 0.305 e. The Hall–Kier alpha value is 0.740. The van der Waals surface area contributed by atoms with Gasteiger partial charge in [-0.25, -0.2) is 0 Å². The highest BCUT2D eigenvalue weighted by molar-refractivity contribution is 9.12. The summed E-state index contributed by atoms with van der Waals surface area (Å²) in [4.78, 5) is 0. The Morgan fingerprint density at radius 3 is 1.38 bits per heavy atom. The molecule has 2 atom stereocenters. The second-order valence-electron chi connectivity index (χ2n) is 6.36. The third kappa shape index (κ3) is 3.34. The Bertz CT molecular complexity index is 650. The van der Waals surface area contributed by atoms with E-state index in [1.54, 1.807) is 41.5 Å². The number of hydrogen-bond acceptors (Lipinski definition) is 6. The molecule has 138 valence electrons. The highest BCUT2D eigenvalue weighted by Crippen LogP contribution is 2.79. The summed E-state index contributed by atoms with van der Waals surface area (Å²) in [6, 6.07) is 0. The van der Waals surface area contributed by atoms with Crippen LogP contribution in [0.15, 0.2) is 19.6 Å². The maximum absolute atomic E-state index is 13.4. The van der Waals surface area contributed by atoms with Crippen LogP contribution < -0.4 is 0 Å². The van der Waals surface area contributed by atoms with Gasteiger partial charge in [-0.1, -0.05) is 31.9 Å². The van der Waals surface area contributed by atoms with Crippen molar-refractivity contribution in [3.8, 4) is 0 Å². The van der Waals surface area contributed by atoms with E-state index in [0.29, 0.717) is 8.96 Å². The van der Waals surface area contributed by atoms with Crippen molar-refractivity contribution in [2.45, 2.75) is 52.7 Å². The Morgan fingerprint density at radius 2 is 1.12 bits per heavy atom. The summed E-state index contributed by atoms with van der Waals surface area (Å²) in [6.07, 6.45) is 0. The van der Waals surface area contributed by atoms with E-state index in [4.69, 9.17) is 18.1 Å². The van der Waals surface area contributed by atoms with Crippen LogP contribution in [0.3, 0.4) is 0 Å². The minimum atomic E-state index is -3.69. The van der Waals surface area contributed by atoms with Crippen molar-refractivity contribution in [3.63, 3.8) is 0 Å². The molecule has 0 aromatic carbocycles. The molecule has 2 heterocycles. The number of hydrogen-bond donors (Lipinski definition) is 0. The SMILES string of the molecule is CCOP1(=O)OC(C)(C)C(Br)=C1C1=C(Br)C(C)(C)OP1(=O)OCC. The van der Waals surface area contributed by atoms with Crippen LogP contribution in [-0.4, -0.2) is 24.4 Å². The van der Waals surface area contributed by atoms with Crippen molar-refractivity contribution in [1.82, 2.24) is 0 Å². The van der Waals surface area contributed by atoms with Crippen molar-refractivity contribution >= 4 is 47.1 Å². The lowest BCUT2D eigenvalue weighted by Gasteiger charge is -2.22. The fraction of sp³-hybridized carbons (Fsp3) is 0.714. The molecule has 0 radical (unpaired) electrons. The summed E-state index contributed by atoms with van der Waals surface area (Å²) < 4.78 is 50.2. The molecule has 2 rings (SSSR count). The fourth-order valence-electron chi connectivity index (χ4n) is 2.57. The maximum Gasteiger partial charge on any atom is 0.364 e. The van der Waals surface area contributed by atoms with Crippen molar-refractivity contribution in [1.29, 1.82) is 0 Å². The minimum absolute atomic E-state index is 0.186. The van der Waals surface area contributed by atoms with Crippen molar-refractivity contribution < 1.29 is 27.2 Å². The van der Waals surface area contributed by atoms with Gasteiger partial charge in [0.1, 0.15) is 11.2 Å². The zero-order chi connectivity index (χ0) is 18.6. The van der Waals surface area contributed by atoms with Gasteiger partial charge in [0.15, 0.2) is 0 Å². The van der Waals surface area contributed by atoms with Gasteiger partial charge in [-0.05, 0) is 41.5 Å². The zero-order valence-corrected chi connectivity index (χ0v) is 19.5. The van der Waals surface area contributed by atoms with Gasteiger partial charge in [-0.3, -0.25) is 18.2 Å². The fourth-order valence-corrected chi connectivity index (χ4v) is 10.1. The van der Waals surface area contributed by atoms with E-state index in [9.17, 15) is 9.13 Å². The van der Waals surface area contributed by atoms with E-state index in [2.05, 4.69) is 31.9 Å². The molecule has 2 aliphatic heterocycles. The number of rotatable bonds is 5. The van der Waals surface area contributed by atoms with Gasteiger partial charge in [0.2, 0.25) is 0 Å². The van der Waals surface area contributed by atoms with E-state index in [1.165, 1.54) is 0 Å². The Morgan fingerprint density at radius 1 is 0.833 bits per heavy atom. The zero-order valence-electron chi connectivity index (χ0n) is 14.5. The third-order valence-corrected chi connectivity index (χ3v) is 11.6. The van der Waals surface area contributed by atoms with Crippen molar-refractivity contribution in [2.75, 3.05) is 13.2 Å². The molecule has 0 spiro atoms. The molecule has 6 nitrogen and oxygen atoms in total. The van der Waals surface area contributed by atoms with Crippen LogP contribution in [0.25, 0.3) is 0 Å². The average Bonchev–Trinajstić information content (AvgIpc) is 2.68. The third-order valence-electron chi connectivity index (χ3n) is 3.54. The predicted molar refractivity (Wildman–Crippen MR) is 101 cm³/mol. The normalized spacial score (nSPS) is 35.2. The summed E-state index contributed by atoms with van der Waals surface area (Å²) in [5, 5.41) is 0.451. The van der Waals surface area contributed by atoms with Gasteiger partial charge in [0.05, 0.1) is 23.8 Å². The standard InChI is InChI=1S/C14H22Br2O6P2/c1-7-19-23(17)9(11(15)13(3,4)21-23)10-12(16)14(5,6)22-24(10,18)20-8-2/h7-8H2,1-6H3. The molecule has 0 saturated heterocycles. The Kier molecular flexibility index (Phi) is 5.89. The van der Waals surface area contributed by atoms with Crippen LogP contribution >= 0.6 is 47.1 Å². The first kappa shape index (κ1) is 21.0. The van der Waals surface area contributed by atoms with Crippen molar-refractivity contribution in [3.05, 3.63) is 19.6 Å². The molecule has 0 fully saturated rings. The van der Waals surface area contributed by atoms with E-state index < -0.39 is 26.4 Å². The molecule has 24 heavy (non-hydrogen) atoms. The molecular weight excluding hydrogens is 486 g/mol. The topological polar surface area (TPSA) is 71.1 Å². The van der Waals surface area contributed by atoms with Gasteiger partial charge < -0.3 is 9.05 Å². The molecule has 10 heteroatoms. The van der Waals surface area contributed by atoms with Gasteiger partial charge in [-0.2, -0.15) is 0 Å². The molecule has 0 aromatic heterocycles. The monoisotopic (exact) mass is 506 g/mol. The van der Waals surface area contributed by atoms with Crippen LogP contribution in [0.1, 0.15) is 41.5 Å². The minimum Gasteiger partial charge on any atom is -0.305 e. The second kappa shape index (κ2) is 6.72. The molecule has 2 unspecified atom stereocenters. The molecule has 2 aliphatic rings. The molecule has 0 amide bonds. The highest BCUT2D eigenvalue weighted by Gasteiger charge is 2.59. The maximum atomic E-state index is 13.4. The van der Waals surface area contributed by atoms with E-state index in [1.807, 2.05) is 0 Å². The van der Waals surface area contributed by atoms with E-state index >= 15 is 0 Å². The van der Waals surface area contributed by atoms with Gasteiger partial charge in [0, 0.05) is 8.96 Å². The van der Waals surface area contributed by atoms with E-state index in [0.717, 1.165) is 0 Å². The molecule has 0 bridgehead atoms. The number of halogens is 2. The molecule has 0 aliphatic carbocycles. The second-order valence-corrected chi connectivity index (χ2v) is 11.7. The lowest BCUT2D eigenvalue weighted by Crippen LogP contribution is -2.18. The first-order valence-corrected chi connectivity index (χ1v) is 12.2. The van der Waals surface area contributed by atoms with E-state index in [-0.39, 0.29) is 23.8 Å². The Labute approximate surface area is 159 Å². The molecule has 0 N–H and O–H groups in total. The summed E-state index contributed by atoms with van der Waals surface area (Å²) in [5.74, 6) is 0. The summed E-state index contributed by atoms with van der Waals surface area (Å²) >= 11 is 6.93. The van der Waals surface area contributed by atoms with Crippen LogP contribution in [0.4, 0.5) is 0 Å². The lowest BCUT2D eigenvalue weighted by atomic mass is 10.1. The number of allylic oxidation sites excluding steroid dienone is 2. The average molecular weight is 508 g/mol. The molecule has 0 aromatic rings. The van der Waals surface area contributed by atoms with Gasteiger partial charge in [0.25, 0.3) is 0 Å². The first-order chi connectivity index (χ1) is 10.8. The largest absolute Gasteiger partial charge is 0.364 e. The lowest BCUT2D eigenvalue weighted by molar-refractivity contribution is 0.132. The Balaban J connectivity index is 2.78. The predicted octanol–water partition coefficient (Wildman–Crippen LogP) is 6.28. The van der Waals surface area contributed by atoms with Gasteiger partial charge >= 0.3 is 15.2 Å². The van der Waals surface area contributed by atoms with Gasteiger partial charge in [-0.15, -0.1) is 0 Å². The van der Waals surface area contributed by atoms with Crippen LogP contribution in [0, 0.1) is 0 Å². The van der Waals surface area contributed by atoms with Crippen LogP contribution in [0.2, 0.25) is 0 Å². The van der Waals surface area contributed by atoms with Crippen LogP contribution in [0.5, 0.6) is 0 Å². The summed E-state index contributed by atoms with van der Waals surface area (Å²) in [6.45, 7) is 10.9. The molecule has 0 saturated carbocycles. The quantitative estimate of drug-likeness (QED) is 0.408. The first-order valence-electron chi connectivity index (χ1n) is 7.57. The van der Waals surface area contributed by atoms with Crippen molar-refractivity contribution in [2.24, 2.45) is 0 Å².